The fourth-order valence-electron chi connectivity index (χ4n) is 3.09. The molecule has 5 heteroatoms. The van der Waals surface area contributed by atoms with Crippen LogP contribution in [-0.4, -0.2) is 25.5 Å². The van der Waals surface area contributed by atoms with Gasteiger partial charge in [-0.25, -0.2) is 0 Å². The third-order valence-corrected chi connectivity index (χ3v) is 4.44. The smallest absolute Gasteiger partial charge is 0.222 e. The van der Waals surface area contributed by atoms with Crippen LogP contribution in [0.4, 0.5) is 0 Å². The van der Waals surface area contributed by atoms with Crippen LogP contribution in [0.15, 0.2) is 35.9 Å². The predicted octanol–water partition coefficient (Wildman–Crippen LogP) is 3.27. The standard InChI is InChI=1S/C20H28N2O3/c1-15(23)22-19(17-8-10-18(25-2)11-9-17)14-20(24)21-13-12-16-6-4-3-5-7-16/h6,8-11,19H,3-5,7,12-14H2,1-2H3,(H,21,24)(H,22,23). The first-order valence-electron chi connectivity index (χ1n) is 8.94. The summed E-state index contributed by atoms with van der Waals surface area (Å²) in [5.41, 5.74) is 2.33. The van der Waals surface area contributed by atoms with Crippen LogP contribution in [0.25, 0.3) is 0 Å². The number of hydrogen-bond acceptors (Lipinski definition) is 3. The first kappa shape index (κ1) is 19.0. The molecule has 0 radical (unpaired) electrons. The fraction of sp³-hybridized carbons (Fsp3) is 0.500. The third kappa shape index (κ3) is 6.61. The SMILES string of the molecule is COc1ccc(C(CC(=O)NCCC2=CCCCC2)NC(C)=O)cc1. The number of amides is 2. The molecule has 0 spiro atoms. The van der Waals surface area contributed by atoms with E-state index in [0.717, 1.165) is 30.6 Å². The van der Waals surface area contributed by atoms with Gasteiger partial charge in [0.05, 0.1) is 19.6 Å². The molecule has 25 heavy (non-hydrogen) atoms. The van der Waals surface area contributed by atoms with Crippen molar-refractivity contribution < 1.29 is 14.3 Å². The number of methoxy groups -OCH3 is 1. The van der Waals surface area contributed by atoms with Crippen LogP contribution in [0.3, 0.4) is 0 Å². The number of rotatable bonds is 8. The molecule has 2 rings (SSSR count). The Kier molecular flexibility index (Phi) is 7.51. The summed E-state index contributed by atoms with van der Waals surface area (Å²) in [5.74, 6) is 0.544. The minimum atomic E-state index is -0.336. The van der Waals surface area contributed by atoms with Crippen LogP contribution >= 0.6 is 0 Å². The molecular weight excluding hydrogens is 316 g/mol. The summed E-state index contributed by atoms with van der Waals surface area (Å²) in [6, 6.07) is 7.08. The predicted molar refractivity (Wildman–Crippen MR) is 98.3 cm³/mol. The second-order valence-corrected chi connectivity index (χ2v) is 6.44. The summed E-state index contributed by atoms with van der Waals surface area (Å²) in [4.78, 5) is 23.7. The highest BCUT2D eigenvalue weighted by atomic mass is 16.5. The Morgan fingerprint density at radius 1 is 1.20 bits per heavy atom. The van der Waals surface area contributed by atoms with Crippen molar-refractivity contribution in [1.29, 1.82) is 0 Å². The maximum Gasteiger partial charge on any atom is 0.222 e. The first-order chi connectivity index (χ1) is 12.1. The molecule has 1 unspecified atom stereocenters. The fourth-order valence-corrected chi connectivity index (χ4v) is 3.09. The van der Waals surface area contributed by atoms with Crippen LogP contribution in [0, 0.1) is 0 Å². The summed E-state index contributed by atoms with van der Waals surface area (Å²) < 4.78 is 5.15. The number of allylic oxidation sites excluding steroid dienone is 1. The van der Waals surface area contributed by atoms with Crippen molar-refractivity contribution in [2.24, 2.45) is 0 Å². The van der Waals surface area contributed by atoms with E-state index in [1.807, 2.05) is 24.3 Å². The lowest BCUT2D eigenvalue weighted by Crippen LogP contribution is -2.33. The molecule has 0 aliphatic heterocycles. The Morgan fingerprint density at radius 2 is 1.96 bits per heavy atom. The molecule has 0 aromatic heterocycles. The molecule has 5 nitrogen and oxygen atoms in total. The van der Waals surface area contributed by atoms with Crippen LogP contribution in [0.2, 0.25) is 0 Å². The molecule has 1 aromatic carbocycles. The highest BCUT2D eigenvalue weighted by Crippen LogP contribution is 2.21. The van der Waals surface area contributed by atoms with Gasteiger partial charge in [0.25, 0.3) is 0 Å². The highest BCUT2D eigenvalue weighted by molar-refractivity contribution is 5.79. The third-order valence-electron chi connectivity index (χ3n) is 4.44. The van der Waals surface area contributed by atoms with Crippen LogP contribution in [0.1, 0.15) is 57.1 Å². The lowest BCUT2D eigenvalue weighted by Gasteiger charge is -2.19. The topological polar surface area (TPSA) is 67.4 Å². The Balaban J connectivity index is 1.87. The number of nitrogens with one attached hydrogen (secondary N) is 2. The maximum absolute atomic E-state index is 12.3. The molecule has 2 amide bonds. The van der Waals surface area contributed by atoms with Crippen LogP contribution in [0.5, 0.6) is 5.75 Å². The van der Waals surface area contributed by atoms with Crippen molar-refractivity contribution in [2.45, 2.75) is 51.5 Å². The van der Waals surface area contributed by atoms with E-state index in [9.17, 15) is 9.59 Å². The Hall–Kier alpha value is -2.30. The second-order valence-electron chi connectivity index (χ2n) is 6.44. The number of carbonyl (C=O) groups is 2. The summed E-state index contributed by atoms with van der Waals surface area (Å²) in [6.07, 6.45) is 8.27. The first-order valence-corrected chi connectivity index (χ1v) is 8.94. The molecule has 0 fully saturated rings. The Morgan fingerprint density at radius 3 is 2.56 bits per heavy atom. The van der Waals surface area contributed by atoms with E-state index in [1.54, 1.807) is 7.11 Å². The van der Waals surface area contributed by atoms with E-state index >= 15 is 0 Å². The van der Waals surface area contributed by atoms with Gasteiger partial charge in [0, 0.05) is 13.5 Å². The minimum Gasteiger partial charge on any atom is -0.497 e. The lowest BCUT2D eigenvalue weighted by atomic mass is 9.97. The van der Waals surface area contributed by atoms with Gasteiger partial charge in [-0.15, -0.1) is 0 Å². The van der Waals surface area contributed by atoms with E-state index in [-0.39, 0.29) is 24.3 Å². The van der Waals surface area contributed by atoms with Crippen molar-refractivity contribution >= 4 is 11.8 Å². The lowest BCUT2D eigenvalue weighted by molar-refractivity contribution is -0.122. The van der Waals surface area contributed by atoms with Crippen LogP contribution < -0.4 is 15.4 Å². The minimum absolute atomic E-state index is 0.0500. The number of ether oxygens (including phenoxy) is 1. The summed E-state index contributed by atoms with van der Waals surface area (Å²) in [5, 5.41) is 5.82. The quantitative estimate of drug-likeness (QED) is 0.711. The van der Waals surface area contributed by atoms with Gasteiger partial charge in [0.15, 0.2) is 0 Å². The summed E-state index contributed by atoms with van der Waals surface area (Å²) in [6.45, 7) is 2.12. The number of hydrogen-bond donors (Lipinski definition) is 2. The maximum atomic E-state index is 12.3. The number of carbonyl (C=O) groups excluding carboxylic acids is 2. The molecular formula is C20H28N2O3. The molecule has 1 aliphatic carbocycles. The molecule has 0 bridgehead atoms. The highest BCUT2D eigenvalue weighted by Gasteiger charge is 2.17. The molecule has 0 saturated carbocycles. The van der Waals surface area contributed by atoms with Gasteiger partial charge in [-0.3, -0.25) is 9.59 Å². The van der Waals surface area contributed by atoms with E-state index in [1.165, 1.54) is 25.3 Å². The van der Waals surface area contributed by atoms with Gasteiger partial charge in [0.2, 0.25) is 11.8 Å². The van der Waals surface area contributed by atoms with Gasteiger partial charge in [0.1, 0.15) is 5.75 Å². The zero-order valence-corrected chi connectivity index (χ0v) is 15.1. The largest absolute Gasteiger partial charge is 0.497 e. The van der Waals surface area contributed by atoms with Crippen molar-refractivity contribution in [3.05, 3.63) is 41.5 Å². The second kappa shape index (κ2) is 9.87. The van der Waals surface area contributed by atoms with Crippen molar-refractivity contribution in [3.63, 3.8) is 0 Å². The monoisotopic (exact) mass is 344 g/mol. The zero-order chi connectivity index (χ0) is 18.1. The normalized spacial score (nSPS) is 15.0. The Labute approximate surface area is 149 Å². The molecule has 0 saturated heterocycles. The zero-order valence-electron chi connectivity index (χ0n) is 15.1. The van der Waals surface area contributed by atoms with Crippen molar-refractivity contribution in [1.82, 2.24) is 10.6 Å². The average molecular weight is 344 g/mol. The molecule has 1 atom stereocenters. The van der Waals surface area contributed by atoms with Crippen molar-refractivity contribution in [3.8, 4) is 5.75 Å². The molecule has 1 aliphatic rings. The van der Waals surface area contributed by atoms with E-state index in [4.69, 9.17) is 4.74 Å². The van der Waals surface area contributed by atoms with Gasteiger partial charge < -0.3 is 15.4 Å². The van der Waals surface area contributed by atoms with E-state index < -0.39 is 0 Å². The average Bonchev–Trinajstić information content (AvgIpc) is 2.62. The number of benzene rings is 1. The van der Waals surface area contributed by atoms with Gasteiger partial charge in [-0.1, -0.05) is 23.8 Å². The van der Waals surface area contributed by atoms with E-state index in [2.05, 4.69) is 16.7 Å². The van der Waals surface area contributed by atoms with Gasteiger partial charge >= 0.3 is 0 Å². The summed E-state index contributed by atoms with van der Waals surface area (Å²) >= 11 is 0. The van der Waals surface area contributed by atoms with Crippen molar-refractivity contribution in [2.75, 3.05) is 13.7 Å². The molecule has 136 valence electrons. The molecule has 1 aromatic rings. The summed E-state index contributed by atoms with van der Waals surface area (Å²) in [7, 11) is 1.61. The van der Waals surface area contributed by atoms with Crippen LogP contribution in [-0.2, 0) is 9.59 Å². The van der Waals surface area contributed by atoms with E-state index in [0.29, 0.717) is 6.54 Å². The van der Waals surface area contributed by atoms with Gasteiger partial charge in [-0.05, 0) is 49.8 Å². The molecule has 2 N–H and O–H groups in total. The Bertz CT molecular complexity index is 608. The molecule has 0 heterocycles. The van der Waals surface area contributed by atoms with Gasteiger partial charge in [-0.2, -0.15) is 0 Å².